The third kappa shape index (κ3) is 3.00. The number of aromatic nitrogens is 1. The van der Waals surface area contributed by atoms with E-state index in [4.69, 9.17) is 9.73 Å². The first-order valence-corrected chi connectivity index (χ1v) is 11.0. The topological polar surface area (TPSA) is 54.7 Å². The zero-order chi connectivity index (χ0) is 21.9. The molecule has 5 heteroatoms. The Labute approximate surface area is 186 Å². The van der Waals surface area contributed by atoms with Crippen LogP contribution < -0.4 is 4.74 Å². The van der Waals surface area contributed by atoms with E-state index in [0.29, 0.717) is 23.6 Å². The summed E-state index contributed by atoms with van der Waals surface area (Å²) in [5.74, 6) is 1.17. The number of benzene rings is 3. The second kappa shape index (κ2) is 6.86. The van der Waals surface area contributed by atoms with E-state index < -0.39 is 10.8 Å². The molecule has 0 spiro atoms. The number of phenols is 1. The molecule has 2 aliphatic rings. The van der Waals surface area contributed by atoms with Crippen LogP contribution in [0, 0.1) is 0 Å². The number of aromatic hydroxyl groups is 1. The molecule has 0 saturated carbocycles. The Balaban J connectivity index is 1.33. The van der Waals surface area contributed by atoms with Gasteiger partial charge in [-0.3, -0.25) is 4.99 Å². The van der Waals surface area contributed by atoms with E-state index >= 15 is 0 Å². The number of fused-ring (bicyclic) bond motifs is 4. The predicted molar refractivity (Wildman–Crippen MR) is 125 cm³/mol. The van der Waals surface area contributed by atoms with Crippen molar-refractivity contribution in [1.82, 2.24) is 4.98 Å². The number of phenolic OH excluding ortho intramolecular Hbond substituents is 1. The Morgan fingerprint density at radius 3 is 2.87 bits per heavy atom. The highest BCUT2D eigenvalue weighted by Gasteiger charge is 2.48. The number of aliphatic imine (C=N–C) groups is 1. The average molecular weight is 426 g/mol. The van der Waals surface area contributed by atoms with Gasteiger partial charge < -0.3 is 9.84 Å². The van der Waals surface area contributed by atoms with Crippen molar-refractivity contribution in [2.24, 2.45) is 4.99 Å². The summed E-state index contributed by atoms with van der Waals surface area (Å²) in [5, 5.41) is 11.0. The van der Waals surface area contributed by atoms with Crippen LogP contribution in [-0.2, 0) is 12.0 Å². The number of nitrogens with zero attached hydrogens (tertiary/aromatic N) is 2. The molecule has 6 rings (SSSR count). The molecule has 1 N–H and O–H groups in total. The molecule has 4 nitrogen and oxygen atoms in total. The summed E-state index contributed by atoms with van der Waals surface area (Å²) in [6, 6.07) is 24.9. The van der Waals surface area contributed by atoms with Gasteiger partial charge >= 0.3 is 0 Å². The summed E-state index contributed by atoms with van der Waals surface area (Å²) in [6.07, 6.45) is 0.679. The van der Waals surface area contributed by atoms with Gasteiger partial charge in [-0.25, -0.2) is 4.98 Å². The van der Waals surface area contributed by atoms with Crippen molar-refractivity contribution in [1.29, 1.82) is 0 Å². The van der Waals surface area contributed by atoms with E-state index in [9.17, 15) is 6.48 Å². The van der Waals surface area contributed by atoms with Crippen LogP contribution in [0.4, 0.5) is 0 Å². The van der Waals surface area contributed by atoms with Crippen LogP contribution in [0.3, 0.4) is 0 Å². The van der Waals surface area contributed by atoms with Gasteiger partial charge in [-0.1, -0.05) is 60.3 Å². The van der Waals surface area contributed by atoms with Gasteiger partial charge in [0.1, 0.15) is 17.0 Å². The van der Waals surface area contributed by atoms with Crippen LogP contribution in [0.25, 0.3) is 10.9 Å². The quantitative estimate of drug-likeness (QED) is 0.433. The number of hydrogen-bond donors (Lipinski definition) is 1. The average Bonchev–Trinajstić information content (AvgIpc) is 3.17. The standard InChI is InChI=1S/C26H20N2O2S/c1-26-20-10-3-2-6-17(20)15-22(26)31-25(28-26)18-8-4-9-19(14-18)30-23-13-12-16-7-5-11-21(29)24(16)27-23/h2-14,22,29H,15H2,1H3/t22-,26+/m1/s1/i22D. The number of ether oxygens (including phenoxy) is 1. The zero-order valence-corrected chi connectivity index (χ0v) is 17.7. The van der Waals surface area contributed by atoms with Crippen LogP contribution in [0.15, 0.2) is 83.9 Å². The largest absolute Gasteiger partial charge is 0.506 e. The number of pyridine rings is 1. The molecule has 0 fully saturated rings. The van der Waals surface area contributed by atoms with Crippen molar-refractivity contribution in [2.75, 3.05) is 0 Å². The fourth-order valence-electron chi connectivity index (χ4n) is 4.35. The minimum Gasteiger partial charge on any atom is -0.506 e. The molecule has 0 bridgehead atoms. The maximum atomic E-state index is 10.1. The number of hydrogen-bond acceptors (Lipinski definition) is 5. The first kappa shape index (κ1) is 17.4. The normalized spacial score (nSPS) is 24.4. The Bertz CT molecular complexity index is 1420. The van der Waals surface area contributed by atoms with E-state index in [1.165, 1.54) is 17.3 Å². The Kier molecular flexibility index (Phi) is 3.84. The fourth-order valence-corrected chi connectivity index (χ4v) is 5.64. The SMILES string of the molecule is [2H][C@@]12Cc3ccccc3[C@]1(C)N=C(c1cccc(Oc3ccc4cccc(O)c4n3)c1)S2. The molecule has 0 saturated heterocycles. The van der Waals surface area contributed by atoms with E-state index in [0.717, 1.165) is 21.6 Å². The molecular weight excluding hydrogens is 404 g/mol. The predicted octanol–water partition coefficient (Wildman–Crippen LogP) is 6.07. The minimum atomic E-state index is -0.750. The molecule has 0 radical (unpaired) electrons. The lowest BCUT2D eigenvalue weighted by Gasteiger charge is -2.21. The van der Waals surface area contributed by atoms with E-state index in [1.807, 2.05) is 48.5 Å². The molecule has 0 amide bonds. The Morgan fingerprint density at radius 1 is 1.06 bits per heavy atom. The lowest BCUT2D eigenvalue weighted by atomic mass is 9.95. The summed E-state index contributed by atoms with van der Waals surface area (Å²) in [6.45, 7) is 2.07. The summed E-state index contributed by atoms with van der Waals surface area (Å²) in [5.41, 5.74) is 3.22. The van der Waals surface area contributed by atoms with Crippen LogP contribution in [0.1, 0.15) is 25.0 Å². The molecule has 152 valence electrons. The van der Waals surface area contributed by atoms with Crippen LogP contribution in [-0.4, -0.2) is 20.4 Å². The van der Waals surface area contributed by atoms with E-state index in [2.05, 4.69) is 24.0 Å². The molecule has 1 aliphatic heterocycles. The summed E-state index contributed by atoms with van der Waals surface area (Å²) in [4.78, 5) is 9.51. The zero-order valence-electron chi connectivity index (χ0n) is 17.9. The highest BCUT2D eigenvalue weighted by molar-refractivity contribution is 8.15. The van der Waals surface area contributed by atoms with E-state index in [1.54, 1.807) is 18.2 Å². The lowest BCUT2D eigenvalue weighted by Crippen LogP contribution is -2.23. The molecule has 1 aromatic heterocycles. The summed E-state index contributed by atoms with van der Waals surface area (Å²) in [7, 11) is 0. The van der Waals surface area contributed by atoms with Crippen molar-refractivity contribution in [3.63, 3.8) is 0 Å². The molecule has 2 heterocycles. The summed E-state index contributed by atoms with van der Waals surface area (Å²) < 4.78 is 15.2. The van der Waals surface area contributed by atoms with Gasteiger partial charge in [0, 0.05) is 23.6 Å². The molecule has 2 atom stereocenters. The third-order valence-corrected chi connectivity index (χ3v) is 7.27. The molecule has 4 aromatic rings. The van der Waals surface area contributed by atoms with E-state index in [-0.39, 0.29) is 5.75 Å². The van der Waals surface area contributed by atoms with Gasteiger partial charge in [0.15, 0.2) is 0 Å². The Hall–Kier alpha value is -3.31. The number of thioether (sulfide) groups is 1. The highest BCUT2D eigenvalue weighted by atomic mass is 32.2. The van der Waals surface area contributed by atoms with Crippen molar-refractivity contribution >= 4 is 27.7 Å². The Morgan fingerprint density at radius 2 is 1.94 bits per heavy atom. The monoisotopic (exact) mass is 425 g/mol. The first-order chi connectivity index (χ1) is 15.5. The van der Waals surface area contributed by atoms with Gasteiger partial charge in [-0.05, 0) is 48.7 Å². The number of para-hydroxylation sites is 1. The molecular formula is C26H20N2O2S. The van der Waals surface area contributed by atoms with Gasteiger partial charge in [0.05, 0.1) is 10.6 Å². The van der Waals surface area contributed by atoms with Gasteiger partial charge in [0.25, 0.3) is 0 Å². The lowest BCUT2D eigenvalue weighted by molar-refractivity contribution is 0.460. The first-order valence-electron chi connectivity index (χ1n) is 10.7. The van der Waals surface area contributed by atoms with Crippen molar-refractivity contribution in [3.8, 4) is 17.4 Å². The maximum absolute atomic E-state index is 10.1. The minimum absolute atomic E-state index is 0.124. The second-order valence-electron chi connectivity index (χ2n) is 7.98. The van der Waals surface area contributed by atoms with Crippen molar-refractivity contribution in [3.05, 3.63) is 95.6 Å². The van der Waals surface area contributed by atoms with Crippen molar-refractivity contribution in [2.45, 2.75) is 24.1 Å². The van der Waals surface area contributed by atoms with Gasteiger partial charge in [0.2, 0.25) is 5.88 Å². The summed E-state index contributed by atoms with van der Waals surface area (Å²) >= 11 is 1.52. The van der Waals surface area contributed by atoms with Crippen LogP contribution in [0.5, 0.6) is 17.4 Å². The maximum Gasteiger partial charge on any atom is 0.219 e. The fraction of sp³-hybridized carbons (Fsp3) is 0.154. The third-order valence-electron chi connectivity index (χ3n) is 5.96. The number of rotatable bonds is 3. The molecule has 31 heavy (non-hydrogen) atoms. The molecule has 1 aliphatic carbocycles. The van der Waals surface area contributed by atoms with Crippen molar-refractivity contribution < 1.29 is 11.2 Å². The smallest absolute Gasteiger partial charge is 0.219 e. The van der Waals surface area contributed by atoms with Crippen LogP contribution >= 0.6 is 11.8 Å². The van der Waals surface area contributed by atoms with Gasteiger partial charge in [-0.15, -0.1) is 0 Å². The van der Waals surface area contributed by atoms with Crippen LogP contribution in [0.2, 0.25) is 0 Å². The van der Waals surface area contributed by atoms with Gasteiger partial charge in [-0.2, -0.15) is 0 Å². The molecule has 0 unspecified atom stereocenters. The second-order valence-corrected chi connectivity index (χ2v) is 9.06. The highest BCUT2D eigenvalue weighted by Crippen LogP contribution is 2.51. The molecule has 3 aromatic carbocycles.